The molecule has 0 aliphatic carbocycles. The Morgan fingerprint density at radius 2 is 1.76 bits per heavy atom. The molecule has 1 N–H and O–H groups in total. The van der Waals surface area contributed by atoms with Crippen molar-refractivity contribution in [1.29, 1.82) is 0 Å². The van der Waals surface area contributed by atoms with Gasteiger partial charge in [-0.3, -0.25) is 0 Å². The Morgan fingerprint density at radius 3 is 2.33 bits per heavy atom. The maximum atomic E-state index is 4.59. The molecule has 0 atom stereocenters. The van der Waals surface area contributed by atoms with Gasteiger partial charge in [0.15, 0.2) is 0 Å². The van der Waals surface area contributed by atoms with Crippen LogP contribution in [0.1, 0.15) is 33.5 Å². The number of nitrogens with zero attached hydrogens (tertiary/aromatic N) is 3. The normalized spacial score (nSPS) is 11.3. The van der Waals surface area contributed by atoms with E-state index in [-0.39, 0.29) is 5.54 Å². The molecule has 4 nitrogen and oxygen atoms in total. The summed E-state index contributed by atoms with van der Waals surface area (Å²) in [6.45, 7) is 11.3. The topological polar surface area (TPSA) is 41.0 Å². The maximum absolute atomic E-state index is 4.59. The van der Waals surface area contributed by atoms with Gasteiger partial charge < -0.3 is 10.2 Å². The van der Waals surface area contributed by atoms with E-state index in [0.29, 0.717) is 0 Å². The third-order valence-electron chi connectivity index (χ3n) is 2.99. The van der Waals surface area contributed by atoms with Crippen molar-refractivity contribution in [3.63, 3.8) is 0 Å². The number of anilines is 3. The molecule has 0 fully saturated rings. The molecule has 0 aliphatic rings. The molecule has 0 amide bonds. The van der Waals surface area contributed by atoms with Crippen molar-refractivity contribution in [2.75, 3.05) is 16.8 Å². The monoisotopic (exact) mass is 284 g/mol. The molecule has 0 saturated carbocycles. The van der Waals surface area contributed by atoms with Crippen LogP contribution in [0.3, 0.4) is 0 Å². The smallest absolute Gasteiger partial charge is 0.138 e. The van der Waals surface area contributed by atoms with Crippen molar-refractivity contribution in [3.05, 3.63) is 42.2 Å². The van der Waals surface area contributed by atoms with E-state index in [9.17, 15) is 0 Å². The van der Waals surface area contributed by atoms with Crippen molar-refractivity contribution in [2.24, 2.45) is 0 Å². The van der Waals surface area contributed by atoms with Crippen molar-refractivity contribution in [1.82, 2.24) is 9.97 Å². The molecule has 1 heterocycles. The standard InChI is InChI=1S/C17H24N4/c1-6-21(14-10-8-7-9-11-14)16-12-15(18-13(2)19-16)20-17(3,4)5/h7-12H,6H2,1-5H3,(H,18,19,20). The molecule has 0 spiro atoms. The first-order chi connectivity index (χ1) is 9.89. The van der Waals surface area contributed by atoms with E-state index in [4.69, 9.17) is 0 Å². The summed E-state index contributed by atoms with van der Waals surface area (Å²) in [4.78, 5) is 11.2. The van der Waals surface area contributed by atoms with Crippen LogP contribution in [0.2, 0.25) is 0 Å². The van der Waals surface area contributed by atoms with Crippen LogP contribution in [0.4, 0.5) is 17.3 Å². The number of hydrogen-bond donors (Lipinski definition) is 1. The number of rotatable bonds is 4. The summed E-state index contributed by atoms with van der Waals surface area (Å²) < 4.78 is 0. The molecular formula is C17H24N4. The molecule has 1 aromatic carbocycles. The Kier molecular flexibility index (Phi) is 4.46. The van der Waals surface area contributed by atoms with Crippen molar-refractivity contribution in [3.8, 4) is 0 Å². The predicted molar refractivity (Wildman–Crippen MR) is 89.3 cm³/mol. The quantitative estimate of drug-likeness (QED) is 0.915. The average Bonchev–Trinajstić information content (AvgIpc) is 2.38. The van der Waals surface area contributed by atoms with E-state index >= 15 is 0 Å². The highest BCUT2D eigenvalue weighted by atomic mass is 15.2. The van der Waals surface area contributed by atoms with Crippen LogP contribution in [0.25, 0.3) is 0 Å². The summed E-state index contributed by atoms with van der Waals surface area (Å²) in [6.07, 6.45) is 0. The Labute approximate surface area is 127 Å². The zero-order valence-corrected chi connectivity index (χ0v) is 13.5. The van der Waals surface area contributed by atoms with E-state index in [1.54, 1.807) is 0 Å². The molecule has 0 aliphatic heterocycles. The lowest BCUT2D eigenvalue weighted by Crippen LogP contribution is -2.27. The van der Waals surface area contributed by atoms with Crippen molar-refractivity contribution in [2.45, 2.75) is 40.2 Å². The van der Waals surface area contributed by atoms with Crippen LogP contribution < -0.4 is 10.2 Å². The number of aryl methyl sites for hydroxylation is 1. The average molecular weight is 284 g/mol. The second-order valence-corrected chi connectivity index (χ2v) is 6.11. The van der Waals surface area contributed by atoms with E-state index in [2.05, 4.69) is 60.0 Å². The van der Waals surface area contributed by atoms with Gasteiger partial charge >= 0.3 is 0 Å². The summed E-state index contributed by atoms with van der Waals surface area (Å²) in [5.74, 6) is 2.55. The number of para-hydroxylation sites is 1. The molecule has 0 bridgehead atoms. The molecule has 4 heteroatoms. The molecule has 0 radical (unpaired) electrons. The van der Waals surface area contributed by atoms with Crippen LogP contribution in [-0.4, -0.2) is 22.1 Å². The largest absolute Gasteiger partial charge is 0.365 e. The Hall–Kier alpha value is -2.10. The molecule has 2 aromatic rings. The Balaban J connectivity index is 2.38. The van der Waals surface area contributed by atoms with Crippen LogP contribution in [0.5, 0.6) is 0 Å². The number of nitrogens with one attached hydrogen (secondary N) is 1. The predicted octanol–water partition coefficient (Wildman–Crippen LogP) is 4.15. The molecule has 21 heavy (non-hydrogen) atoms. The molecular weight excluding hydrogens is 260 g/mol. The van der Waals surface area contributed by atoms with Gasteiger partial charge in [0.1, 0.15) is 17.5 Å². The van der Waals surface area contributed by atoms with Gasteiger partial charge in [0.2, 0.25) is 0 Å². The third-order valence-corrected chi connectivity index (χ3v) is 2.99. The summed E-state index contributed by atoms with van der Waals surface area (Å²) >= 11 is 0. The summed E-state index contributed by atoms with van der Waals surface area (Å²) in [6, 6.07) is 12.3. The zero-order valence-electron chi connectivity index (χ0n) is 13.5. The molecule has 112 valence electrons. The SMILES string of the molecule is CCN(c1ccccc1)c1cc(NC(C)(C)C)nc(C)n1. The van der Waals surface area contributed by atoms with Crippen LogP contribution in [0.15, 0.2) is 36.4 Å². The van der Waals surface area contributed by atoms with Crippen molar-refractivity contribution < 1.29 is 0 Å². The van der Waals surface area contributed by atoms with Gasteiger partial charge in [0, 0.05) is 23.8 Å². The summed E-state index contributed by atoms with van der Waals surface area (Å²) in [5.41, 5.74) is 1.11. The number of hydrogen-bond acceptors (Lipinski definition) is 4. The minimum Gasteiger partial charge on any atom is -0.365 e. The molecule has 0 saturated heterocycles. The first kappa shape index (κ1) is 15.3. The van der Waals surface area contributed by atoms with Gasteiger partial charge in [-0.15, -0.1) is 0 Å². The van der Waals surface area contributed by atoms with Gasteiger partial charge in [-0.1, -0.05) is 18.2 Å². The Bertz CT molecular complexity index is 587. The fraction of sp³-hybridized carbons (Fsp3) is 0.412. The van der Waals surface area contributed by atoms with E-state index in [0.717, 1.165) is 29.7 Å². The van der Waals surface area contributed by atoms with E-state index < -0.39 is 0 Å². The fourth-order valence-corrected chi connectivity index (χ4v) is 2.22. The highest BCUT2D eigenvalue weighted by molar-refractivity contribution is 5.62. The first-order valence-corrected chi connectivity index (χ1v) is 7.35. The van der Waals surface area contributed by atoms with Crippen LogP contribution in [0, 0.1) is 6.92 Å². The first-order valence-electron chi connectivity index (χ1n) is 7.35. The molecule has 1 aromatic heterocycles. The van der Waals surface area contributed by atoms with Gasteiger partial charge in [0.05, 0.1) is 0 Å². The fourth-order valence-electron chi connectivity index (χ4n) is 2.22. The third kappa shape index (κ3) is 4.18. The maximum Gasteiger partial charge on any atom is 0.138 e. The van der Waals surface area contributed by atoms with Crippen LogP contribution in [-0.2, 0) is 0 Å². The van der Waals surface area contributed by atoms with E-state index in [1.165, 1.54) is 0 Å². The lowest BCUT2D eigenvalue weighted by atomic mass is 10.1. The van der Waals surface area contributed by atoms with Gasteiger partial charge in [-0.25, -0.2) is 9.97 Å². The minimum absolute atomic E-state index is 0.0259. The second-order valence-electron chi connectivity index (χ2n) is 6.11. The Morgan fingerprint density at radius 1 is 1.10 bits per heavy atom. The van der Waals surface area contributed by atoms with Gasteiger partial charge in [0.25, 0.3) is 0 Å². The lowest BCUT2D eigenvalue weighted by molar-refractivity contribution is 0.629. The van der Waals surface area contributed by atoms with Crippen molar-refractivity contribution >= 4 is 17.3 Å². The van der Waals surface area contributed by atoms with E-state index in [1.807, 2.05) is 31.2 Å². The highest BCUT2D eigenvalue weighted by Gasteiger charge is 2.14. The van der Waals surface area contributed by atoms with Gasteiger partial charge in [-0.2, -0.15) is 0 Å². The minimum atomic E-state index is -0.0259. The molecule has 0 unspecified atom stereocenters. The molecule has 2 rings (SSSR count). The number of benzene rings is 1. The summed E-state index contributed by atoms with van der Waals surface area (Å²) in [7, 11) is 0. The lowest BCUT2D eigenvalue weighted by Gasteiger charge is -2.25. The zero-order chi connectivity index (χ0) is 15.5. The van der Waals surface area contributed by atoms with Gasteiger partial charge in [-0.05, 0) is 46.8 Å². The summed E-state index contributed by atoms with van der Waals surface area (Å²) in [5, 5.41) is 3.42. The highest BCUT2D eigenvalue weighted by Crippen LogP contribution is 2.25. The van der Waals surface area contributed by atoms with Crippen LogP contribution >= 0.6 is 0 Å². The second kappa shape index (κ2) is 6.12. The number of aromatic nitrogens is 2.